The van der Waals surface area contributed by atoms with Gasteiger partial charge in [-0.25, -0.2) is 0 Å². The van der Waals surface area contributed by atoms with Gasteiger partial charge < -0.3 is 14.7 Å². The van der Waals surface area contributed by atoms with Crippen molar-refractivity contribution in [2.45, 2.75) is 65.2 Å². The van der Waals surface area contributed by atoms with E-state index in [1.165, 1.54) is 0 Å². The van der Waals surface area contributed by atoms with Gasteiger partial charge in [0.05, 0.1) is 18.1 Å². The summed E-state index contributed by atoms with van der Waals surface area (Å²) in [6.07, 6.45) is 8.07. The molecule has 2 aromatic carbocycles. The molecule has 3 aliphatic rings. The minimum Gasteiger partial charge on any atom is -0.376 e. The second-order valence-electron chi connectivity index (χ2n) is 11.7. The Morgan fingerprint density at radius 3 is 2.16 bits per heavy atom. The Balaban J connectivity index is 1.54. The highest BCUT2D eigenvalue weighted by Crippen LogP contribution is 2.67. The number of hydrogen-bond acceptors (Lipinski definition) is 3. The maximum absolute atomic E-state index is 14.5. The highest BCUT2D eigenvalue weighted by molar-refractivity contribution is 5.86. The van der Waals surface area contributed by atoms with Crippen molar-refractivity contribution in [1.82, 2.24) is 4.90 Å². The molecule has 0 spiro atoms. The first-order valence-corrected chi connectivity index (χ1v) is 13.9. The van der Waals surface area contributed by atoms with Crippen molar-refractivity contribution in [1.29, 1.82) is 0 Å². The normalized spacial score (nSPS) is 29.9. The van der Waals surface area contributed by atoms with E-state index in [0.717, 1.165) is 24.0 Å². The minimum atomic E-state index is -1.41. The lowest BCUT2D eigenvalue weighted by molar-refractivity contribution is -0.143. The molecule has 37 heavy (non-hydrogen) atoms. The Kier molecular flexibility index (Phi) is 6.70. The standard InChI is InChI=1S/C33H41NO3/c1-6-34(28-27-21-22-32(5,31(27,3)4)29(28)37-7-2)30(35)25-19-14-20-26(25)33(36,23-15-10-8-11-16-23)24-17-12-9-13-18-24/h8-20,25,27-29,36H,6-7,21-22H2,1-5H3/t25?,27-,28-,29-,32+/m1/s1. The summed E-state index contributed by atoms with van der Waals surface area (Å²) in [5.74, 6) is -0.102. The van der Waals surface area contributed by atoms with Crippen LogP contribution in [0, 0.1) is 22.7 Å². The van der Waals surface area contributed by atoms with Crippen LogP contribution in [0.1, 0.15) is 58.6 Å². The molecule has 1 unspecified atom stereocenters. The smallest absolute Gasteiger partial charge is 0.234 e. The SMILES string of the molecule is CCO[C@@H]1[C@H](N(CC)C(=O)C2C=CC=C2C(O)(c2ccccc2)c2ccccc2)[C@H]2CC[C@]1(C)C2(C)C. The van der Waals surface area contributed by atoms with Gasteiger partial charge in [0.15, 0.2) is 0 Å². The lowest BCUT2D eigenvalue weighted by atomic mass is 9.70. The average Bonchev–Trinajstić information content (AvgIpc) is 3.54. The van der Waals surface area contributed by atoms with Gasteiger partial charge in [-0.15, -0.1) is 0 Å². The maximum Gasteiger partial charge on any atom is 0.234 e. The summed E-state index contributed by atoms with van der Waals surface area (Å²) in [6.45, 7) is 12.5. The molecule has 1 amide bonds. The third-order valence-electron chi connectivity index (χ3n) is 10.0. The molecule has 0 saturated heterocycles. The summed E-state index contributed by atoms with van der Waals surface area (Å²) < 4.78 is 6.44. The van der Waals surface area contributed by atoms with E-state index >= 15 is 0 Å². The molecule has 5 rings (SSSR count). The number of amides is 1. The fourth-order valence-corrected chi connectivity index (χ4v) is 7.69. The van der Waals surface area contributed by atoms with Crippen LogP contribution in [0.15, 0.2) is 84.5 Å². The van der Waals surface area contributed by atoms with E-state index in [9.17, 15) is 9.90 Å². The third-order valence-corrected chi connectivity index (χ3v) is 10.0. The maximum atomic E-state index is 14.5. The molecule has 5 atom stereocenters. The van der Waals surface area contributed by atoms with Crippen LogP contribution in [-0.2, 0) is 15.1 Å². The van der Waals surface area contributed by atoms with Gasteiger partial charge in [-0.05, 0) is 54.7 Å². The summed E-state index contributed by atoms with van der Waals surface area (Å²) >= 11 is 0. The van der Waals surface area contributed by atoms with Gasteiger partial charge in [-0.1, -0.05) is 99.7 Å². The number of aliphatic hydroxyl groups is 1. The van der Waals surface area contributed by atoms with Crippen molar-refractivity contribution >= 4 is 5.91 Å². The largest absolute Gasteiger partial charge is 0.376 e. The quantitative estimate of drug-likeness (QED) is 0.477. The lowest BCUT2D eigenvalue weighted by Crippen LogP contribution is -2.54. The highest BCUT2D eigenvalue weighted by Gasteiger charge is 2.68. The number of likely N-dealkylation sites (N-methyl/N-ethyl adjacent to an activating group) is 1. The number of carbonyl (C=O) groups excluding carboxylic acids is 1. The predicted molar refractivity (Wildman–Crippen MR) is 148 cm³/mol. The van der Waals surface area contributed by atoms with E-state index in [4.69, 9.17) is 4.74 Å². The molecule has 0 aliphatic heterocycles. The van der Waals surface area contributed by atoms with Gasteiger partial charge in [0.25, 0.3) is 0 Å². The van der Waals surface area contributed by atoms with Crippen LogP contribution >= 0.6 is 0 Å². The highest BCUT2D eigenvalue weighted by atomic mass is 16.5. The van der Waals surface area contributed by atoms with Crippen molar-refractivity contribution in [2.75, 3.05) is 13.2 Å². The number of hydrogen-bond donors (Lipinski definition) is 1. The van der Waals surface area contributed by atoms with Gasteiger partial charge in [-0.2, -0.15) is 0 Å². The lowest BCUT2D eigenvalue weighted by Gasteiger charge is -2.44. The first-order valence-electron chi connectivity index (χ1n) is 13.9. The molecule has 4 heteroatoms. The number of benzene rings is 2. The molecular weight excluding hydrogens is 458 g/mol. The fraction of sp³-hybridized carbons (Fsp3) is 0.485. The Bertz CT molecular complexity index is 1150. The van der Waals surface area contributed by atoms with Crippen molar-refractivity contribution in [3.8, 4) is 0 Å². The Labute approximate surface area is 222 Å². The fourth-order valence-electron chi connectivity index (χ4n) is 7.69. The summed E-state index contributed by atoms with van der Waals surface area (Å²) in [7, 11) is 0. The zero-order valence-electron chi connectivity index (χ0n) is 22.9. The van der Waals surface area contributed by atoms with Crippen molar-refractivity contribution in [3.05, 3.63) is 95.6 Å². The topological polar surface area (TPSA) is 49.8 Å². The van der Waals surface area contributed by atoms with E-state index < -0.39 is 11.5 Å². The number of carbonyl (C=O) groups is 1. The second-order valence-corrected chi connectivity index (χ2v) is 11.7. The zero-order chi connectivity index (χ0) is 26.4. The van der Waals surface area contributed by atoms with Gasteiger partial charge in [0, 0.05) is 18.6 Å². The summed E-state index contributed by atoms with van der Waals surface area (Å²) in [5.41, 5.74) is 0.936. The number of rotatable bonds is 8. The molecular formula is C33H41NO3. The van der Waals surface area contributed by atoms with Gasteiger partial charge in [0.2, 0.25) is 5.91 Å². The molecule has 1 N–H and O–H groups in total. The van der Waals surface area contributed by atoms with E-state index in [1.807, 2.05) is 78.9 Å². The first kappa shape index (κ1) is 25.9. The van der Waals surface area contributed by atoms with Crippen LogP contribution in [0.25, 0.3) is 0 Å². The van der Waals surface area contributed by atoms with Crippen molar-refractivity contribution in [2.24, 2.45) is 22.7 Å². The van der Waals surface area contributed by atoms with Crippen molar-refractivity contribution < 1.29 is 14.6 Å². The van der Waals surface area contributed by atoms with E-state index in [1.54, 1.807) is 0 Å². The Morgan fingerprint density at radius 1 is 1.03 bits per heavy atom. The summed E-state index contributed by atoms with van der Waals surface area (Å²) in [5, 5.41) is 12.5. The molecule has 0 radical (unpaired) electrons. The molecule has 3 aliphatic carbocycles. The summed E-state index contributed by atoms with van der Waals surface area (Å²) in [4.78, 5) is 16.6. The Hall–Kier alpha value is -2.69. The molecule has 4 nitrogen and oxygen atoms in total. The van der Waals surface area contributed by atoms with Crippen LogP contribution in [0.5, 0.6) is 0 Å². The molecule has 196 valence electrons. The number of allylic oxidation sites excluding steroid dienone is 2. The van der Waals surface area contributed by atoms with Crippen LogP contribution in [-0.4, -0.2) is 41.2 Å². The van der Waals surface area contributed by atoms with Gasteiger partial charge >= 0.3 is 0 Å². The van der Waals surface area contributed by atoms with E-state index in [2.05, 4.69) is 39.5 Å². The van der Waals surface area contributed by atoms with Gasteiger partial charge in [-0.3, -0.25) is 4.79 Å². The van der Waals surface area contributed by atoms with Crippen LogP contribution < -0.4 is 0 Å². The minimum absolute atomic E-state index is 0.00934. The van der Waals surface area contributed by atoms with Gasteiger partial charge in [0.1, 0.15) is 5.60 Å². The molecule has 0 aromatic heterocycles. The second kappa shape index (κ2) is 9.56. The number of nitrogens with zero attached hydrogens (tertiary/aromatic N) is 1. The third kappa shape index (κ3) is 3.75. The van der Waals surface area contributed by atoms with Crippen LogP contribution in [0.4, 0.5) is 0 Å². The van der Waals surface area contributed by atoms with Crippen molar-refractivity contribution in [3.63, 3.8) is 0 Å². The van der Waals surface area contributed by atoms with E-state index in [0.29, 0.717) is 24.6 Å². The average molecular weight is 500 g/mol. The first-order chi connectivity index (χ1) is 17.7. The zero-order valence-corrected chi connectivity index (χ0v) is 22.9. The molecule has 2 fully saturated rings. The monoisotopic (exact) mass is 499 g/mol. The predicted octanol–water partition coefficient (Wildman–Crippen LogP) is 6.11. The number of ether oxygens (including phenoxy) is 1. The van der Waals surface area contributed by atoms with E-state index in [-0.39, 0.29) is 28.9 Å². The molecule has 2 bridgehead atoms. The molecule has 2 aromatic rings. The Morgan fingerprint density at radius 2 is 1.62 bits per heavy atom. The van der Waals surface area contributed by atoms with Crippen LogP contribution in [0.2, 0.25) is 0 Å². The number of fused-ring (bicyclic) bond motifs is 2. The summed E-state index contributed by atoms with van der Waals surface area (Å²) in [6, 6.07) is 19.4. The molecule has 0 heterocycles. The molecule has 2 saturated carbocycles. The van der Waals surface area contributed by atoms with Crippen LogP contribution in [0.3, 0.4) is 0 Å².